The van der Waals surface area contributed by atoms with Crippen LogP contribution in [0.15, 0.2) is 24.3 Å². The predicted octanol–water partition coefficient (Wildman–Crippen LogP) is 2.41. The summed E-state index contributed by atoms with van der Waals surface area (Å²) in [6.45, 7) is 3.11. The Morgan fingerprint density at radius 1 is 1.39 bits per heavy atom. The lowest BCUT2D eigenvalue weighted by atomic mass is 10.1. The van der Waals surface area contributed by atoms with E-state index in [0.29, 0.717) is 22.3 Å². The van der Waals surface area contributed by atoms with Crippen LogP contribution in [0.3, 0.4) is 0 Å². The summed E-state index contributed by atoms with van der Waals surface area (Å²) in [6, 6.07) is 6.33. The van der Waals surface area contributed by atoms with E-state index in [9.17, 15) is 14.9 Å². The van der Waals surface area contributed by atoms with Crippen LogP contribution >= 0.6 is 0 Å². The van der Waals surface area contributed by atoms with E-state index in [0.717, 1.165) is 0 Å². The maximum absolute atomic E-state index is 11.0. The summed E-state index contributed by atoms with van der Waals surface area (Å²) in [6.07, 6.45) is 0. The molecular formula is C12H11N3O3. The van der Waals surface area contributed by atoms with Crippen molar-refractivity contribution in [1.29, 1.82) is 0 Å². The summed E-state index contributed by atoms with van der Waals surface area (Å²) < 4.78 is 0. The molecule has 0 saturated carbocycles. The topological polar surface area (TPSA) is 85.1 Å². The van der Waals surface area contributed by atoms with Gasteiger partial charge in [-0.15, -0.1) is 0 Å². The molecule has 0 atom stereocenters. The Morgan fingerprint density at radius 2 is 2.11 bits per heavy atom. The van der Waals surface area contributed by atoms with E-state index in [1.807, 2.05) is 0 Å². The van der Waals surface area contributed by atoms with Gasteiger partial charge in [0.15, 0.2) is 0 Å². The van der Waals surface area contributed by atoms with Crippen molar-refractivity contribution < 1.29 is 9.72 Å². The van der Waals surface area contributed by atoms with Crippen LogP contribution in [0.25, 0.3) is 10.8 Å². The molecule has 0 unspecified atom stereocenters. The van der Waals surface area contributed by atoms with E-state index in [1.165, 1.54) is 19.1 Å². The van der Waals surface area contributed by atoms with Gasteiger partial charge in [-0.05, 0) is 13.0 Å². The van der Waals surface area contributed by atoms with Crippen LogP contribution in [-0.2, 0) is 4.79 Å². The third kappa shape index (κ3) is 2.13. The standard InChI is InChI=1S/C12H11N3O3/c1-7-9-4-3-5-11(15(17)18)10(9)6-12(13-7)14-8(2)16/h3-6H,1-2H3,(H,13,14,16). The molecular weight excluding hydrogens is 234 g/mol. The van der Waals surface area contributed by atoms with Crippen molar-refractivity contribution in [3.8, 4) is 0 Å². The zero-order valence-corrected chi connectivity index (χ0v) is 9.93. The number of nitro benzene ring substituents is 1. The van der Waals surface area contributed by atoms with E-state index in [4.69, 9.17) is 0 Å². The number of nitrogens with zero attached hydrogens (tertiary/aromatic N) is 2. The number of non-ortho nitro benzene ring substituents is 1. The fraction of sp³-hybridized carbons (Fsp3) is 0.167. The molecule has 1 heterocycles. The van der Waals surface area contributed by atoms with E-state index < -0.39 is 4.92 Å². The number of nitrogens with one attached hydrogen (secondary N) is 1. The second kappa shape index (κ2) is 4.40. The van der Waals surface area contributed by atoms with Crippen molar-refractivity contribution in [2.75, 3.05) is 5.32 Å². The number of pyridine rings is 1. The zero-order chi connectivity index (χ0) is 13.3. The maximum Gasteiger partial charge on any atom is 0.277 e. The Morgan fingerprint density at radius 3 is 2.72 bits per heavy atom. The largest absolute Gasteiger partial charge is 0.311 e. The molecule has 0 radical (unpaired) electrons. The molecule has 92 valence electrons. The van der Waals surface area contributed by atoms with E-state index in [2.05, 4.69) is 10.3 Å². The number of rotatable bonds is 2. The average Bonchev–Trinajstić information content (AvgIpc) is 2.27. The van der Waals surface area contributed by atoms with Crippen LogP contribution in [0, 0.1) is 17.0 Å². The first-order chi connectivity index (χ1) is 8.49. The number of anilines is 1. The molecule has 0 fully saturated rings. The van der Waals surface area contributed by atoms with Crippen LogP contribution in [0.4, 0.5) is 11.5 Å². The normalized spacial score (nSPS) is 10.3. The lowest BCUT2D eigenvalue weighted by molar-refractivity contribution is -0.383. The summed E-state index contributed by atoms with van der Waals surface area (Å²) in [5, 5.41) is 14.7. The highest BCUT2D eigenvalue weighted by molar-refractivity contribution is 5.96. The Bertz CT molecular complexity index is 652. The summed E-state index contributed by atoms with van der Waals surface area (Å²) in [5.41, 5.74) is 0.643. The summed E-state index contributed by atoms with van der Waals surface area (Å²) >= 11 is 0. The number of aryl methyl sites for hydroxylation is 1. The summed E-state index contributed by atoms with van der Waals surface area (Å²) in [5.74, 6) is 0.0571. The molecule has 1 aromatic heterocycles. The number of nitro groups is 1. The van der Waals surface area contributed by atoms with Crippen molar-refractivity contribution in [1.82, 2.24) is 4.98 Å². The van der Waals surface area contributed by atoms with Crippen LogP contribution in [-0.4, -0.2) is 15.8 Å². The average molecular weight is 245 g/mol. The molecule has 0 aliphatic heterocycles. The van der Waals surface area contributed by atoms with E-state index >= 15 is 0 Å². The molecule has 0 spiro atoms. The minimum Gasteiger partial charge on any atom is -0.311 e. The minimum atomic E-state index is -0.445. The third-order valence-electron chi connectivity index (χ3n) is 2.54. The molecule has 6 nitrogen and oxygen atoms in total. The second-order valence-corrected chi connectivity index (χ2v) is 3.90. The SMILES string of the molecule is CC(=O)Nc1cc2c([N+](=O)[O-])cccc2c(C)n1. The number of amides is 1. The molecule has 2 aromatic rings. The van der Waals surface area contributed by atoms with Crippen LogP contribution in [0.1, 0.15) is 12.6 Å². The zero-order valence-electron chi connectivity index (χ0n) is 9.93. The highest BCUT2D eigenvalue weighted by Gasteiger charge is 2.14. The van der Waals surface area contributed by atoms with Gasteiger partial charge in [-0.25, -0.2) is 4.98 Å². The summed E-state index contributed by atoms with van der Waals surface area (Å²) in [7, 11) is 0. The van der Waals surface area contributed by atoms with Gasteiger partial charge in [0.1, 0.15) is 5.82 Å². The lowest BCUT2D eigenvalue weighted by Gasteiger charge is -2.06. The number of carbonyl (C=O) groups excluding carboxylic acids is 1. The maximum atomic E-state index is 11.0. The Labute approximate surface area is 103 Å². The fourth-order valence-corrected chi connectivity index (χ4v) is 1.83. The Balaban J connectivity index is 2.71. The number of benzene rings is 1. The quantitative estimate of drug-likeness (QED) is 0.650. The van der Waals surface area contributed by atoms with Gasteiger partial charge < -0.3 is 5.32 Å². The van der Waals surface area contributed by atoms with Crippen molar-refractivity contribution in [2.24, 2.45) is 0 Å². The molecule has 1 aromatic carbocycles. The molecule has 1 N–H and O–H groups in total. The number of aromatic nitrogens is 1. The molecule has 0 saturated heterocycles. The minimum absolute atomic E-state index is 0.00426. The van der Waals surface area contributed by atoms with Crippen LogP contribution in [0.2, 0.25) is 0 Å². The van der Waals surface area contributed by atoms with Crippen molar-refractivity contribution in [3.05, 3.63) is 40.1 Å². The third-order valence-corrected chi connectivity index (χ3v) is 2.54. The molecule has 0 bridgehead atoms. The number of hydrogen-bond acceptors (Lipinski definition) is 4. The predicted molar refractivity (Wildman–Crippen MR) is 67.4 cm³/mol. The van der Waals surface area contributed by atoms with Gasteiger partial charge in [0.25, 0.3) is 5.69 Å². The lowest BCUT2D eigenvalue weighted by Crippen LogP contribution is -2.08. The highest BCUT2D eigenvalue weighted by Crippen LogP contribution is 2.28. The number of fused-ring (bicyclic) bond motifs is 1. The van der Waals surface area contributed by atoms with E-state index in [-0.39, 0.29) is 11.6 Å². The first-order valence-corrected chi connectivity index (χ1v) is 5.31. The van der Waals surface area contributed by atoms with Gasteiger partial charge in [-0.2, -0.15) is 0 Å². The molecule has 0 aliphatic rings. The Hall–Kier alpha value is -2.50. The second-order valence-electron chi connectivity index (χ2n) is 3.90. The van der Waals surface area contributed by atoms with Gasteiger partial charge >= 0.3 is 0 Å². The van der Waals surface area contributed by atoms with Crippen LogP contribution < -0.4 is 5.32 Å². The monoisotopic (exact) mass is 245 g/mol. The highest BCUT2D eigenvalue weighted by atomic mass is 16.6. The van der Waals surface area contributed by atoms with Gasteiger partial charge in [0, 0.05) is 24.1 Å². The number of hydrogen-bond donors (Lipinski definition) is 1. The fourth-order valence-electron chi connectivity index (χ4n) is 1.83. The first kappa shape index (κ1) is 12.0. The number of carbonyl (C=O) groups is 1. The smallest absolute Gasteiger partial charge is 0.277 e. The van der Waals surface area contributed by atoms with E-state index in [1.54, 1.807) is 19.1 Å². The van der Waals surface area contributed by atoms with Gasteiger partial charge in [-0.3, -0.25) is 14.9 Å². The molecule has 18 heavy (non-hydrogen) atoms. The van der Waals surface area contributed by atoms with Crippen LogP contribution in [0.5, 0.6) is 0 Å². The van der Waals surface area contributed by atoms with Crippen molar-refractivity contribution >= 4 is 28.2 Å². The van der Waals surface area contributed by atoms with Crippen molar-refractivity contribution in [2.45, 2.75) is 13.8 Å². The first-order valence-electron chi connectivity index (χ1n) is 5.31. The van der Waals surface area contributed by atoms with Crippen molar-refractivity contribution in [3.63, 3.8) is 0 Å². The Kier molecular flexibility index (Phi) is 2.93. The molecule has 1 amide bonds. The molecule has 6 heteroatoms. The van der Waals surface area contributed by atoms with Gasteiger partial charge in [0.2, 0.25) is 5.91 Å². The van der Waals surface area contributed by atoms with Gasteiger partial charge in [0.05, 0.1) is 10.3 Å². The molecule has 0 aliphatic carbocycles. The summed E-state index contributed by atoms with van der Waals surface area (Å²) in [4.78, 5) is 25.7. The van der Waals surface area contributed by atoms with Gasteiger partial charge in [-0.1, -0.05) is 12.1 Å². The molecule has 2 rings (SSSR count).